The van der Waals surface area contributed by atoms with Gasteiger partial charge in [0.25, 0.3) is 0 Å². The fourth-order valence-corrected chi connectivity index (χ4v) is 4.20. The second-order valence-electron chi connectivity index (χ2n) is 7.64. The van der Waals surface area contributed by atoms with E-state index in [0.29, 0.717) is 10.9 Å². The van der Waals surface area contributed by atoms with Crippen LogP contribution in [0, 0.1) is 0 Å². The van der Waals surface area contributed by atoms with Gasteiger partial charge in [0.2, 0.25) is 5.88 Å². The standard InChI is InChI=1S/C24H23ClN4O2/c1-30-23-7-5-16(25)10-18(23)15-4-6-21-19(9-15)20(12-28-21)22-13-27-14-24(29-22)31-17-3-2-8-26-11-17/h4-7,9-10,12-14,17,26,28H,2-3,8,11H2,1H3. The fraction of sp³-hybridized carbons (Fsp3) is 0.250. The van der Waals surface area contributed by atoms with Gasteiger partial charge in [-0.1, -0.05) is 17.7 Å². The molecule has 7 heteroatoms. The van der Waals surface area contributed by atoms with Crippen LogP contribution in [0.15, 0.2) is 55.0 Å². The maximum Gasteiger partial charge on any atom is 0.233 e. The first-order valence-electron chi connectivity index (χ1n) is 10.4. The van der Waals surface area contributed by atoms with Crippen LogP contribution in [-0.2, 0) is 0 Å². The van der Waals surface area contributed by atoms with Gasteiger partial charge in [0.1, 0.15) is 11.9 Å². The Hall–Kier alpha value is -3.09. The summed E-state index contributed by atoms with van der Waals surface area (Å²) in [7, 11) is 1.66. The Morgan fingerprint density at radius 2 is 2.03 bits per heavy atom. The summed E-state index contributed by atoms with van der Waals surface area (Å²) < 4.78 is 11.6. The van der Waals surface area contributed by atoms with Crippen molar-refractivity contribution in [2.24, 2.45) is 0 Å². The molecule has 0 saturated carbocycles. The number of aromatic nitrogens is 3. The SMILES string of the molecule is COc1ccc(Cl)cc1-c1ccc2[nH]cc(-c3cncc(OC4CCCNC4)n3)c2c1. The van der Waals surface area contributed by atoms with Crippen molar-refractivity contribution in [2.45, 2.75) is 18.9 Å². The summed E-state index contributed by atoms with van der Waals surface area (Å²) in [5.74, 6) is 1.32. The van der Waals surface area contributed by atoms with Crippen molar-refractivity contribution in [1.29, 1.82) is 0 Å². The Kier molecular flexibility index (Phi) is 5.49. The molecule has 1 atom stereocenters. The van der Waals surface area contributed by atoms with E-state index in [0.717, 1.165) is 65.0 Å². The molecule has 6 nitrogen and oxygen atoms in total. The molecule has 0 spiro atoms. The van der Waals surface area contributed by atoms with E-state index in [4.69, 9.17) is 26.1 Å². The second kappa shape index (κ2) is 8.57. The van der Waals surface area contributed by atoms with Gasteiger partial charge in [-0.3, -0.25) is 4.98 Å². The Balaban J connectivity index is 1.52. The lowest BCUT2D eigenvalue weighted by atomic mass is 10.0. The number of fused-ring (bicyclic) bond motifs is 1. The number of nitrogens with one attached hydrogen (secondary N) is 2. The van der Waals surface area contributed by atoms with Gasteiger partial charge in [0.15, 0.2) is 0 Å². The molecule has 31 heavy (non-hydrogen) atoms. The summed E-state index contributed by atoms with van der Waals surface area (Å²) in [6, 6.07) is 11.9. The largest absolute Gasteiger partial charge is 0.496 e. The number of halogens is 1. The lowest BCUT2D eigenvalue weighted by Gasteiger charge is -2.23. The zero-order chi connectivity index (χ0) is 21.2. The topological polar surface area (TPSA) is 72.1 Å². The molecule has 1 aliphatic rings. The van der Waals surface area contributed by atoms with Crippen LogP contribution in [0.5, 0.6) is 11.6 Å². The Morgan fingerprint density at radius 1 is 1.10 bits per heavy atom. The lowest BCUT2D eigenvalue weighted by Crippen LogP contribution is -2.37. The number of aromatic amines is 1. The van der Waals surface area contributed by atoms with Gasteiger partial charge < -0.3 is 19.8 Å². The summed E-state index contributed by atoms with van der Waals surface area (Å²) in [5, 5.41) is 5.07. The molecule has 158 valence electrons. The first-order valence-corrected chi connectivity index (χ1v) is 10.7. The molecule has 0 radical (unpaired) electrons. The highest BCUT2D eigenvalue weighted by Crippen LogP contribution is 2.36. The predicted molar refractivity (Wildman–Crippen MR) is 123 cm³/mol. The van der Waals surface area contributed by atoms with Gasteiger partial charge in [-0.05, 0) is 55.3 Å². The molecule has 4 aromatic rings. The molecule has 2 aromatic carbocycles. The van der Waals surface area contributed by atoms with E-state index in [-0.39, 0.29) is 6.10 Å². The van der Waals surface area contributed by atoms with Gasteiger partial charge >= 0.3 is 0 Å². The first-order chi connectivity index (χ1) is 15.2. The number of ether oxygens (including phenoxy) is 2. The Bertz CT molecular complexity index is 1220. The van der Waals surface area contributed by atoms with E-state index in [1.54, 1.807) is 19.5 Å². The molecule has 1 fully saturated rings. The Labute approximate surface area is 185 Å². The quantitative estimate of drug-likeness (QED) is 0.458. The lowest BCUT2D eigenvalue weighted by molar-refractivity contribution is 0.160. The van der Waals surface area contributed by atoms with Crippen LogP contribution in [0.25, 0.3) is 33.3 Å². The molecule has 3 heterocycles. The molecule has 0 aliphatic carbocycles. The molecule has 2 aromatic heterocycles. The highest BCUT2D eigenvalue weighted by atomic mass is 35.5. The molecule has 1 unspecified atom stereocenters. The van der Waals surface area contributed by atoms with E-state index >= 15 is 0 Å². The van der Waals surface area contributed by atoms with Crippen LogP contribution in [-0.4, -0.2) is 41.3 Å². The summed E-state index contributed by atoms with van der Waals surface area (Å²) >= 11 is 6.25. The molecule has 2 N–H and O–H groups in total. The normalized spacial score (nSPS) is 16.4. The number of methoxy groups -OCH3 is 1. The minimum Gasteiger partial charge on any atom is -0.496 e. The van der Waals surface area contributed by atoms with E-state index in [9.17, 15) is 0 Å². The number of nitrogens with zero attached hydrogens (tertiary/aromatic N) is 2. The summed E-state index contributed by atoms with van der Waals surface area (Å²) in [5.41, 5.74) is 4.71. The number of benzene rings is 2. The minimum absolute atomic E-state index is 0.128. The third kappa shape index (κ3) is 4.09. The highest BCUT2D eigenvalue weighted by molar-refractivity contribution is 6.31. The van der Waals surface area contributed by atoms with E-state index in [1.807, 2.05) is 24.4 Å². The zero-order valence-corrected chi connectivity index (χ0v) is 17.9. The van der Waals surface area contributed by atoms with Crippen LogP contribution in [0.1, 0.15) is 12.8 Å². The third-order valence-corrected chi connectivity index (χ3v) is 5.82. The van der Waals surface area contributed by atoms with Gasteiger partial charge in [0.05, 0.1) is 25.2 Å². The van der Waals surface area contributed by atoms with Crippen molar-refractivity contribution in [3.8, 4) is 34.0 Å². The second-order valence-corrected chi connectivity index (χ2v) is 8.07. The molecular weight excluding hydrogens is 412 g/mol. The van der Waals surface area contributed by atoms with Crippen LogP contribution in [0.3, 0.4) is 0 Å². The first kappa shape index (κ1) is 19.8. The summed E-state index contributed by atoms with van der Waals surface area (Å²) in [4.78, 5) is 12.4. The van der Waals surface area contributed by atoms with Crippen LogP contribution in [0.4, 0.5) is 0 Å². The van der Waals surface area contributed by atoms with Gasteiger partial charge in [-0.25, -0.2) is 4.98 Å². The molecule has 0 amide bonds. The van der Waals surface area contributed by atoms with Gasteiger partial charge in [-0.15, -0.1) is 0 Å². The van der Waals surface area contributed by atoms with E-state index in [2.05, 4.69) is 33.5 Å². The molecule has 0 bridgehead atoms. The highest BCUT2D eigenvalue weighted by Gasteiger charge is 2.17. The van der Waals surface area contributed by atoms with Crippen LogP contribution < -0.4 is 14.8 Å². The van der Waals surface area contributed by atoms with E-state index in [1.165, 1.54) is 0 Å². The summed E-state index contributed by atoms with van der Waals surface area (Å²) in [6.07, 6.45) is 7.66. The maximum absolute atomic E-state index is 6.25. The predicted octanol–water partition coefficient (Wildman–Crippen LogP) is 5.08. The molecule has 1 saturated heterocycles. The van der Waals surface area contributed by atoms with E-state index < -0.39 is 0 Å². The van der Waals surface area contributed by atoms with Crippen molar-refractivity contribution >= 4 is 22.5 Å². The smallest absolute Gasteiger partial charge is 0.233 e. The van der Waals surface area contributed by atoms with Crippen molar-refractivity contribution in [2.75, 3.05) is 20.2 Å². The number of rotatable bonds is 5. The van der Waals surface area contributed by atoms with Gasteiger partial charge in [-0.2, -0.15) is 0 Å². The van der Waals surface area contributed by atoms with Crippen LogP contribution >= 0.6 is 11.6 Å². The Morgan fingerprint density at radius 3 is 2.87 bits per heavy atom. The van der Waals surface area contributed by atoms with Crippen molar-refractivity contribution in [1.82, 2.24) is 20.3 Å². The number of piperidine rings is 1. The monoisotopic (exact) mass is 434 g/mol. The van der Waals surface area contributed by atoms with Gasteiger partial charge in [0, 0.05) is 39.8 Å². The zero-order valence-electron chi connectivity index (χ0n) is 17.2. The molecule has 5 rings (SSSR count). The average Bonchev–Trinajstić information content (AvgIpc) is 3.23. The van der Waals surface area contributed by atoms with Crippen LogP contribution in [0.2, 0.25) is 5.02 Å². The van der Waals surface area contributed by atoms with Crippen molar-refractivity contribution < 1.29 is 9.47 Å². The summed E-state index contributed by atoms with van der Waals surface area (Å²) in [6.45, 7) is 1.88. The average molecular weight is 435 g/mol. The third-order valence-electron chi connectivity index (χ3n) is 5.58. The number of hydrogen-bond donors (Lipinski definition) is 2. The number of hydrogen-bond acceptors (Lipinski definition) is 5. The molecule has 1 aliphatic heterocycles. The molecular formula is C24H23ClN4O2. The fourth-order valence-electron chi connectivity index (χ4n) is 4.03. The number of H-pyrrole nitrogens is 1. The van der Waals surface area contributed by atoms with Crippen molar-refractivity contribution in [3.05, 3.63) is 60.0 Å². The minimum atomic E-state index is 0.128. The van der Waals surface area contributed by atoms with Crippen molar-refractivity contribution in [3.63, 3.8) is 0 Å². The maximum atomic E-state index is 6.25.